The predicted octanol–water partition coefficient (Wildman–Crippen LogP) is 2.59. The van der Waals surface area contributed by atoms with Crippen LogP contribution in [0.15, 0.2) is 41.3 Å². The molecule has 0 amide bonds. The molecular formula is C18H21N3O5S. The Morgan fingerprint density at radius 3 is 2.67 bits per heavy atom. The zero-order valence-electron chi connectivity index (χ0n) is 14.9. The summed E-state index contributed by atoms with van der Waals surface area (Å²) < 4.78 is 29.6. The highest BCUT2D eigenvalue weighted by Gasteiger charge is 2.25. The largest absolute Gasteiger partial charge is 0.494 e. The van der Waals surface area contributed by atoms with Crippen LogP contribution in [0.1, 0.15) is 24.5 Å². The molecular weight excluding hydrogens is 370 g/mol. The van der Waals surface area contributed by atoms with Gasteiger partial charge in [-0.15, -0.1) is 0 Å². The summed E-state index contributed by atoms with van der Waals surface area (Å²) in [7, 11) is -4.10. The van der Waals surface area contributed by atoms with Gasteiger partial charge in [0, 0.05) is 25.2 Å². The molecule has 2 aromatic carbocycles. The van der Waals surface area contributed by atoms with Crippen LogP contribution in [0.2, 0.25) is 0 Å². The number of sulfonamides is 1. The first-order chi connectivity index (χ1) is 12.8. The second-order valence-electron chi connectivity index (χ2n) is 6.40. The van der Waals surface area contributed by atoms with Crippen molar-refractivity contribution in [3.63, 3.8) is 0 Å². The Morgan fingerprint density at radius 2 is 2.00 bits per heavy atom. The number of primary sulfonamides is 1. The fourth-order valence-electron chi connectivity index (χ4n) is 3.15. The molecule has 0 bridgehead atoms. The summed E-state index contributed by atoms with van der Waals surface area (Å²) in [5, 5.41) is 16.3. The smallest absolute Gasteiger partial charge is 0.270 e. The van der Waals surface area contributed by atoms with Crippen molar-refractivity contribution in [2.45, 2.75) is 31.2 Å². The lowest BCUT2D eigenvalue weighted by atomic mass is 9.99. The normalized spacial score (nSPS) is 13.9. The van der Waals surface area contributed by atoms with Gasteiger partial charge in [-0.1, -0.05) is 13.0 Å². The summed E-state index contributed by atoms with van der Waals surface area (Å²) in [4.78, 5) is 12.0. The van der Waals surface area contributed by atoms with Gasteiger partial charge in [0.25, 0.3) is 5.69 Å². The van der Waals surface area contributed by atoms with E-state index in [1.165, 1.54) is 12.1 Å². The van der Waals surface area contributed by atoms with Gasteiger partial charge in [0.1, 0.15) is 10.6 Å². The molecule has 9 heteroatoms. The van der Waals surface area contributed by atoms with Crippen LogP contribution in [0.4, 0.5) is 11.4 Å². The van der Waals surface area contributed by atoms with E-state index in [4.69, 9.17) is 9.88 Å². The van der Waals surface area contributed by atoms with E-state index in [1.54, 1.807) is 0 Å². The van der Waals surface area contributed by atoms with E-state index >= 15 is 0 Å². The number of nitrogens with zero attached hydrogens (tertiary/aromatic N) is 2. The lowest BCUT2D eigenvalue weighted by Gasteiger charge is -2.32. The summed E-state index contributed by atoms with van der Waals surface area (Å²) in [6.45, 7) is 3.77. The van der Waals surface area contributed by atoms with Crippen LogP contribution in [-0.4, -0.2) is 26.5 Å². The number of hydrogen-bond donors (Lipinski definition) is 1. The maximum Gasteiger partial charge on any atom is 0.270 e. The number of nitrogens with two attached hydrogens (primary N) is 1. The van der Waals surface area contributed by atoms with Crippen molar-refractivity contribution >= 4 is 21.4 Å². The second-order valence-corrected chi connectivity index (χ2v) is 7.93. The fourth-order valence-corrected chi connectivity index (χ4v) is 3.92. The molecule has 0 aliphatic carbocycles. The third-order valence-corrected chi connectivity index (χ3v) is 5.40. The summed E-state index contributed by atoms with van der Waals surface area (Å²) in [5.74, 6) is 0.824. The first-order valence-electron chi connectivity index (χ1n) is 8.60. The topological polar surface area (TPSA) is 116 Å². The van der Waals surface area contributed by atoms with Crippen LogP contribution in [0, 0.1) is 10.1 Å². The lowest BCUT2D eigenvalue weighted by Crippen LogP contribution is -2.32. The minimum Gasteiger partial charge on any atom is -0.494 e. The summed E-state index contributed by atoms with van der Waals surface area (Å²) >= 11 is 0. The molecule has 0 spiro atoms. The maximum atomic E-state index is 12.0. The standard InChI is InChI=1S/C18H21N3O5S/c1-2-9-26-16-5-3-14-12-20(8-7-13(14)10-16)17-6-4-15(21(22)23)11-18(17)27(19,24)25/h3-6,10-11H,2,7-9,12H2,1H3,(H2,19,24,25). The molecule has 0 saturated carbocycles. The Morgan fingerprint density at radius 1 is 1.22 bits per heavy atom. The van der Waals surface area contributed by atoms with E-state index < -0.39 is 14.9 Å². The number of fused-ring (bicyclic) bond motifs is 1. The summed E-state index contributed by atoms with van der Waals surface area (Å²) in [6.07, 6.45) is 1.64. The molecule has 0 atom stereocenters. The van der Waals surface area contributed by atoms with E-state index in [-0.39, 0.29) is 10.6 Å². The number of nitro groups is 1. The molecule has 1 aliphatic heterocycles. The minimum absolute atomic E-state index is 0.233. The minimum atomic E-state index is -4.10. The van der Waals surface area contributed by atoms with Crippen LogP contribution in [0.25, 0.3) is 0 Å². The number of benzene rings is 2. The van der Waals surface area contributed by atoms with Gasteiger partial charge in [-0.2, -0.15) is 0 Å². The van der Waals surface area contributed by atoms with Crippen LogP contribution < -0.4 is 14.8 Å². The zero-order valence-corrected chi connectivity index (χ0v) is 15.7. The zero-order chi connectivity index (χ0) is 19.6. The van der Waals surface area contributed by atoms with Crippen molar-refractivity contribution in [3.05, 3.63) is 57.6 Å². The van der Waals surface area contributed by atoms with E-state index in [9.17, 15) is 18.5 Å². The van der Waals surface area contributed by atoms with Gasteiger partial charge in [0.15, 0.2) is 0 Å². The molecule has 2 N–H and O–H groups in total. The molecule has 8 nitrogen and oxygen atoms in total. The Labute approximate surface area is 157 Å². The molecule has 0 unspecified atom stereocenters. The van der Waals surface area contributed by atoms with Crippen molar-refractivity contribution in [3.8, 4) is 5.75 Å². The molecule has 3 rings (SSSR count). The van der Waals surface area contributed by atoms with Crippen molar-refractivity contribution in [1.29, 1.82) is 0 Å². The first-order valence-corrected chi connectivity index (χ1v) is 10.1. The van der Waals surface area contributed by atoms with Crippen molar-refractivity contribution in [2.24, 2.45) is 5.14 Å². The molecule has 2 aromatic rings. The lowest BCUT2D eigenvalue weighted by molar-refractivity contribution is -0.385. The molecule has 0 saturated heterocycles. The molecule has 0 radical (unpaired) electrons. The number of nitro benzene ring substituents is 1. The average Bonchev–Trinajstić information content (AvgIpc) is 2.64. The van der Waals surface area contributed by atoms with E-state index in [1.807, 2.05) is 30.0 Å². The molecule has 144 valence electrons. The first kappa shape index (κ1) is 19.1. The second kappa shape index (κ2) is 7.53. The van der Waals surface area contributed by atoms with Crippen molar-refractivity contribution in [2.75, 3.05) is 18.1 Å². The van der Waals surface area contributed by atoms with Gasteiger partial charge in [-0.05, 0) is 42.2 Å². The fraction of sp³-hybridized carbons (Fsp3) is 0.333. The molecule has 0 fully saturated rings. The highest BCUT2D eigenvalue weighted by atomic mass is 32.2. The number of rotatable bonds is 6. The monoisotopic (exact) mass is 391 g/mol. The van der Waals surface area contributed by atoms with Crippen molar-refractivity contribution in [1.82, 2.24) is 0 Å². The maximum absolute atomic E-state index is 12.0. The average molecular weight is 391 g/mol. The van der Waals surface area contributed by atoms with Crippen LogP contribution in [-0.2, 0) is 23.0 Å². The number of non-ortho nitro benzene ring substituents is 1. The van der Waals surface area contributed by atoms with Crippen LogP contribution in [0.5, 0.6) is 5.75 Å². The summed E-state index contributed by atoms with van der Waals surface area (Å²) in [6, 6.07) is 9.63. The van der Waals surface area contributed by atoms with Crippen LogP contribution >= 0.6 is 0 Å². The molecule has 1 heterocycles. The SMILES string of the molecule is CCCOc1ccc2c(c1)CCN(c1ccc([N+](=O)[O-])cc1S(N)(=O)=O)C2. The van der Waals surface area contributed by atoms with Gasteiger partial charge in [-0.3, -0.25) is 10.1 Å². The summed E-state index contributed by atoms with van der Waals surface area (Å²) in [5.41, 5.74) is 2.28. The van der Waals surface area contributed by atoms with Crippen molar-refractivity contribution < 1.29 is 18.1 Å². The van der Waals surface area contributed by atoms with Gasteiger partial charge < -0.3 is 9.64 Å². The highest BCUT2D eigenvalue weighted by Crippen LogP contribution is 2.33. The quantitative estimate of drug-likeness (QED) is 0.598. The number of ether oxygens (including phenoxy) is 1. The Balaban J connectivity index is 1.92. The van der Waals surface area contributed by atoms with Gasteiger partial charge in [0.2, 0.25) is 10.0 Å². The van der Waals surface area contributed by atoms with E-state index in [2.05, 4.69) is 0 Å². The number of anilines is 1. The van der Waals surface area contributed by atoms with E-state index in [0.29, 0.717) is 31.8 Å². The van der Waals surface area contributed by atoms with E-state index in [0.717, 1.165) is 29.4 Å². The third-order valence-electron chi connectivity index (χ3n) is 4.46. The van der Waals surface area contributed by atoms with Gasteiger partial charge in [-0.25, -0.2) is 13.6 Å². The Bertz CT molecular complexity index is 975. The van der Waals surface area contributed by atoms with Gasteiger partial charge >= 0.3 is 0 Å². The Kier molecular flexibility index (Phi) is 5.33. The molecule has 0 aromatic heterocycles. The Hall–Kier alpha value is -2.65. The predicted molar refractivity (Wildman–Crippen MR) is 101 cm³/mol. The third kappa shape index (κ3) is 4.20. The molecule has 1 aliphatic rings. The van der Waals surface area contributed by atoms with Gasteiger partial charge in [0.05, 0.1) is 17.2 Å². The number of hydrogen-bond acceptors (Lipinski definition) is 6. The molecule has 27 heavy (non-hydrogen) atoms. The van der Waals surface area contributed by atoms with Crippen LogP contribution in [0.3, 0.4) is 0 Å². The highest BCUT2D eigenvalue weighted by molar-refractivity contribution is 7.89.